The quantitative estimate of drug-likeness (QED) is 0.749. The number of fused-ring (bicyclic) bond motifs is 1. The largest absolute Gasteiger partial charge is 0.378 e. The molecule has 0 aliphatic carbocycles. The van der Waals surface area contributed by atoms with Gasteiger partial charge in [0.25, 0.3) is 0 Å². The fraction of sp³-hybridized carbons (Fsp3) is 0.222. The first-order valence-corrected chi connectivity index (χ1v) is 7.72. The van der Waals surface area contributed by atoms with Crippen LogP contribution in [-0.4, -0.2) is 30.6 Å². The van der Waals surface area contributed by atoms with Gasteiger partial charge in [-0.05, 0) is 43.3 Å². The highest BCUT2D eigenvalue weighted by atomic mass is 15.1. The minimum Gasteiger partial charge on any atom is -0.378 e. The van der Waals surface area contributed by atoms with E-state index < -0.39 is 0 Å². The van der Waals surface area contributed by atoms with Crippen molar-refractivity contribution in [3.63, 3.8) is 0 Å². The molecule has 3 rings (SSSR count). The average Bonchev–Trinajstić information content (AvgIpc) is 2.55. The molecule has 0 atom stereocenters. The van der Waals surface area contributed by atoms with Crippen molar-refractivity contribution in [2.24, 2.45) is 0 Å². The van der Waals surface area contributed by atoms with Crippen molar-refractivity contribution in [2.75, 3.05) is 36.2 Å². The molecule has 0 saturated heterocycles. The number of benzene rings is 2. The lowest BCUT2D eigenvalue weighted by atomic mass is 10.2. The molecule has 0 saturated carbocycles. The van der Waals surface area contributed by atoms with Crippen LogP contribution in [0.4, 0.5) is 23.1 Å². The normalized spacial score (nSPS) is 10.6. The maximum Gasteiger partial charge on any atom is 0.229 e. The summed E-state index contributed by atoms with van der Waals surface area (Å²) < 4.78 is 0. The molecule has 0 radical (unpaired) electrons. The summed E-state index contributed by atoms with van der Waals surface area (Å²) in [6.07, 6.45) is 0. The molecule has 5 nitrogen and oxygen atoms in total. The van der Waals surface area contributed by atoms with E-state index in [4.69, 9.17) is 0 Å². The van der Waals surface area contributed by atoms with E-state index in [9.17, 15) is 0 Å². The number of nitrogens with zero attached hydrogens (tertiary/aromatic N) is 3. The maximum atomic E-state index is 4.60. The van der Waals surface area contributed by atoms with Gasteiger partial charge < -0.3 is 15.5 Å². The summed E-state index contributed by atoms with van der Waals surface area (Å²) >= 11 is 0. The minimum atomic E-state index is 0.595. The standard InChI is InChI=1S/C18H21N5/c1-4-19-17-15-7-5-6-8-16(15)21-18(22-17)20-13-9-11-14(12-10-13)23(2)3/h5-12H,4H2,1-3H3,(H2,19,20,21,22). The van der Waals surface area contributed by atoms with Gasteiger partial charge in [0.05, 0.1) is 5.52 Å². The third-order valence-electron chi connectivity index (χ3n) is 3.59. The zero-order chi connectivity index (χ0) is 16.2. The molecule has 1 aromatic heterocycles. The zero-order valence-corrected chi connectivity index (χ0v) is 13.7. The van der Waals surface area contributed by atoms with E-state index in [-0.39, 0.29) is 0 Å². The molecule has 0 fully saturated rings. The highest BCUT2D eigenvalue weighted by Crippen LogP contribution is 2.24. The number of aromatic nitrogens is 2. The third-order valence-corrected chi connectivity index (χ3v) is 3.59. The first kappa shape index (κ1) is 15.1. The van der Waals surface area contributed by atoms with Crippen molar-refractivity contribution >= 4 is 34.0 Å². The Morgan fingerprint density at radius 3 is 2.39 bits per heavy atom. The Morgan fingerprint density at radius 2 is 1.70 bits per heavy atom. The lowest BCUT2D eigenvalue weighted by Gasteiger charge is -2.14. The van der Waals surface area contributed by atoms with Gasteiger partial charge in [-0.15, -0.1) is 0 Å². The molecule has 23 heavy (non-hydrogen) atoms. The molecule has 1 heterocycles. The molecule has 3 aromatic rings. The molecule has 0 aliphatic rings. The van der Waals surface area contributed by atoms with E-state index in [1.807, 2.05) is 50.5 Å². The molecular weight excluding hydrogens is 286 g/mol. The number of nitrogens with one attached hydrogen (secondary N) is 2. The van der Waals surface area contributed by atoms with Crippen LogP contribution in [0.2, 0.25) is 0 Å². The summed E-state index contributed by atoms with van der Waals surface area (Å²) in [6.45, 7) is 2.88. The highest BCUT2D eigenvalue weighted by Gasteiger charge is 2.07. The summed E-state index contributed by atoms with van der Waals surface area (Å²) in [5.41, 5.74) is 3.04. The molecule has 2 aromatic carbocycles. The second kappa shape index (κ2) is 6.52. The van der Waals surface area contributed by atoms with Crippen LogP contribution < -0.4 is 15.5 Å². The Hall–Kier alpha value is -2.82. The van der Waals surface area contributed by atoms with E-state index in [0.717, 1.165) is 34.6 Å². The second-order valence-corrected chi connectivity index (χ2v) is 5.51. The van der Waals surface area contributed by atoms with Gasteiger partial charge in [0, 0.05) is 37.4 Å². The van der Waals surface area contributed by atoms with Crippen LogP contribution in [0.5, 0.6) is 0 Å². The SMILES string of the molecule is CCNc1nc(Nc2ccc(N(C)C)cc2)nc2ccccc12. The van der Waals surface area contributed by atoms with Gasteiger partial charge in [-0.2, -0.15) is 4.98 Å². The van der Waals surface area contributed by atoms with E-state index >= 15 is 0 Å². The molecular formula is C18H21N5. The van der Waals surface area contributed by atoms with Crippen LogP contribution in [0, 0.1) is 0 Å². The van der Waals surface area contributed by atoms with Gasteiger partial charge >= 0.3 is 0 Å². The van der Waals surface area contributed by atoms with Crippen molar-refractivity contribution in [2.45, 2.75) is 6.92 Å². The van der Waals surface area contributed by atoms with Gasteiger partial charge in [0.1, 0.15) is 5.82 Å². The fourth-order valence-electron chi connectivity index (χ4n) is 2.41. The van der Waals surface area contributed by atoms with Gasteiger partial charge in [-0.3, -0.25) is 0 Å². The van der Waals surface area contributed by atoms with Gasteiger partial charge in [-0.25, -0.2) is 4.98 Å². The maximum absolute atomic E-state index is 4.60. The predicted molar refractivity (Wildman–Crippen MR) is 97.8 cm³/mol. The van der Waals surface area contributed by atoms with Crippen molar-refractivity contribution in [3.8, 4) is 0 Å². The number of hydrogen-bond acceptors (Lipinski definition) is 5. The lowest BCUT2D eigenvalue weighted by Crippen LogP contribution is -2.08. The summed E-state index contributed by atoms with van der Waals surface area (Å²) in [5.74, 6) is 1.45. The zero-order valence-electron chi connectivity index (χ0n) is 13.7. The molecule has 5 heteroatoms. The summed E-state index contributed by atoms with van der Waals surface area (Å²) in [7, 11) is 4.05. The number of hydrogen-bond donors (Lipinski definition) is 2. The Bertz CT molecular complexity index is 796. The van der Waals surface area contributed by atoms with Crippen molar-refractivity contribution < 1.29 is 0 Å². The third kappa shape index (κ3) is 3.34. The van der Waals surface area contributed by atoms with Crippen LogP contribution in [0.3, 0.4) is 0 Å². The van der Waals surface area contributed by atoms with Gasteiger partial charge in [0.2, 0.25) is 5.95 Å². The van der Waals surface area contributed by atoms with Crippen molar-refractivity contribution in [3.05, 3.63) is 48.5 Å². The summed E-state index contributed by atoms with van der Waals surface area (Å²) in [4.78, 5) is 11.3. The van der Waals surface area contributed by atoms with Crippen LogP contribution >= 0.6 is 0 Å². The van der Waals surface area contributed by atoms with E-state index in [2.05, 4.69) is 44.6 Å². The Kier molecular flexibility index (Phi) is 4.28. The molecule has 118 valence electrons. The molecule has 0 spiro atoms. The monoisotopic (exact) mass is 307 g/mol. The van der Waals surface area contributed by atoms with Crippen LogP contribution in [0.15, 0.2) is 48.5 Å². The number of anilines is 4. The first-order chi connectivity index (χ1) is 11.2. The molecule has 0 bridgehead atoms. The number of rotatable bonds is 5. The summed E-state index contributed by atoms with van der Waals surface area (Å²) in [6, 6.07) is 16.2. The van der Waals surface area contributed by atoms with E-state index in [0.29, 0.717) is 5.95 Å². The van der Waals surface area contributed by atoms with Crippen molar-refractivity contribution in [1.82, 2.24) is 9.97 Å². The van der Waals surface area contributed by atoms with Gasteiger partial charge in [-0.1, -0.05) is 12.1 Å². The fourth-order valence-corrected chi connectivity index (χ4v) is 2.41. The second-order valence-electron chi connectivity index (χ2n) is 5.51. The van der Waals surface area contributed by atoms with Crippen LogP contribution in [-0.2, 0) is 0 Å². The summed E-state index contributed by atoms with van der Waals surface area (Å²) in [5, 5.41) is 7.61. The molecule has 2 N–H and O–H groups in total. The lowest BCUT2D eigenvalue weighted by molar-refractivity contribution is 1.13. The Labute approximate surface area is 136 Å². The number of para-hydroxylation sites is 1. The van der Waals surface area contributed by atoms with E-state index in [1.165, 1.54) is 0 Å². The molecule has 0 unspecified atom stereocenters. The van der Waals surface area contributed by atoms with Crippen LogP contribution in [0.25, 0.3) is 10.9 Å². The molecule has 0 aliphatic heterocycles. The average molecular weight is 307 g/mol. The minimum absolute atomic E-state index is 0.595. The highest BCUT2D eigenvalue weighted by molar-refractivity contribution is 5.90. The topological polar surface area (TPSA) is 53.1 Å². The van der Waals surface area contributed by atoms with Gasteiger partial charge in [0.15, 0.2) is 0 Å². The van der Waals surface area contributed by atoms with Crippen LogP contribution in [0.1, 0.15) is 6.92 Å². The Morgan fingerprint density at radius 1 is 0.957 bits per heavy atom. The molecule has 0 amide bonds. The predicted octanol–water partition coefficient (Wildman–Crippen LogP) is 3.87. The smallest absolute Gasteiger partial charge is 0.229 e. The first-order valence-electron chi connectivity index (χ1n) is 7.72. The Balaban J connectivity index is 1.93. The van der Waals surface area contributed by atoms with Crippen molar-refractivity contribution in [1.29, 1.82) is 0 Å². The van der Waals surface area contributed by atoms with E-state index in [1.54, 1.807) is 0 Å².